The summed E-state index contributed by atoms with van der Waals surface area (Å²) in [6, 6.07) is 0. The summed E-state index contributed by atoms with van der Waals surface area (Å²) in [4.78, 5) is 8.06. The van der Waals surface area contributed by atoms with Gasteiger partial charge < -0.3 is 15.6 Å². The number of terminal acetylenes is 1. The molecule has 3 heterocycles. The van der Waals surface area contributed by atoms with Crippen molar-refractivity contribution in [3.05, 3.63) is 18.2 Å². The van der Waals surface area contributed by atoms with Gasteiger partial charge in [0.1, 0.15) is 12.4 Å². The van der Waals surface area contributed by atoms with E-state index in [1.54, 1.807) is 10.7 Å². The number of aliphatic hydroxyl groups is 1. The van der Waals surface area contributed by atoms with Gasteiger partial charge in [0.2, 0.25) is 0 Å². The summed E-state index contributed by atoms with van der Waals surface area (Å²) < 4.78 is 7.39. The third-order valence-electron chi connectivity index (χ3n) is 3.38. The van der Waals surface area contributed by atoms with Gasteiger partial charge in [-0.2, -0.15) is 5.10 Å². The molecule has 1 saturated heterocycles. The zero-order valence-electron chi connectivity index (χ0n) is 10.2. The van der Waals surface area contributed by atoms with Crippen molar-refractivity contribution in [2.24, 2.45) is 0 Å². The third-order valence-corrected chi connectivity index (χ3v) is 3.38. The molecule has 98 valence electrons. The molecule has 2 aromatic heterocycles. The molecular weight excluding hydrogens is 246 g/mol. The standard InChI is InChI=1S/C12H13N5O2/c1-2-12(6-18)4-3-9(19-12)8-5-14-11-10(13)15-7-16-17(8)11/h1,5,7,9,18H,3-4,6H2,(H2,13,15,16). The van der Waals surface area contributed by atoms with E-state index in [-0.39, 0.29) is 12.7 Å². The molecule has 0 aliphatic carbocycles. The Morgan fingerprint density at radius 3 is 3.16 bits per heavy atom. The number of aliphatic hydroxyl groups excluding tert-OH is 1. The molecule has 3 rings (SSSR count). The maximum atomic E-state index is 9.35. The molecule has 1 aliphatic rings. The molecule has 2 atom stereocenters. The monoisotopic (exact) mass is 259 g/mol. The van der Waals surface area contributed by atoms with Gasteiger partial charge >= 0.3 is 0 Å². The van der Waals surface area contributed by atoms with E-state index in [2.05, 4.69) is 21.0 Å². The van der Waals surface area contributed by atoms with E-state index < -0.39 is 5.60 Å². The number of nitrogens with two attached hydrogens (primary N) is 1. The first-order chi connectivity index (χ1) is 9.19. The Kier molecular flexibility index (Phi) is 2.62. The van der Waals surface area contributed by atoms with Crippen LogP contribution in [-0.2, 0) is 4.74 Å². The van der Waals surface area contributed by atoms with Crippen molar-refractivity contribution in [1.29, 1.82) is 0 Å². The number of aromatic nitrogens is 4. The molecule has 0 saturated carbocycles. The molecular formula is C12H13N5O2. The van der Waals surface area contributed by atoms with Crippen LogP contribution < -0.4 is 5.73 Å². The van der Waals surface area contributed by atoms with E-state index in [0.717, 1.165) is 5.69 Å². The lowest BCUT2D eigenvalue weighted by Gasteiger charge is -2.20. The third kappa shape index (κ3) is 1.73. The summed E-state index contributed by atoms with van der Waals surface area (Å²) >= 11 is 0. The van der Waals surface area contributed by atoms with Crippen LogP contribution >= 0.6 is 0 Å². The fourth-order valence-corrected chi connectivity index (χ4v) is 2.30. The van der Waals surface area contributed by atoms with Gasteiger partial charge in [0, 0.05) is 0 Å². The molecule has 1 fully saturated rings. The second-order valence-corrected chi connectivity index (χ2v) is 4.51. The molecule has 2 unspecified atom stereocenters. The number of fused-ring (bicyclic) bond motifs is 1. The Morgan fingerprint density at radius 1 is 1.63 bits per heavy atom. The highest BCUT2D eigenvalue weighted by atomic mass is 16.5. The van der Waals surface area contributed by atoms with Crippen molar-refractivity contribution >= 4 is 11.5 Å². The SMILES string of the molecule is C#CC1(CO)CCC(c2cnc3c(N)ncnn23)O1. The van der Waals surface area contributed by atoms with Crippen LogP contribution in [0.25, 0.3) is 5.65 Å². The van der Waals surface area contributed by atoms with Gasteiger partial charge in [-0.1, -0.05) is 5.92 Å². The van der Waals surface area contributed by atoms with Crippen molar-refractivity contribution in [3.8, 4) is 12.3 Å². The van der Waals surface area contributed by atoms with Gasteiger partial charge in [-0.3, -0.25) is 0 Å². The van der Waals surface area contributed by atoms with Gasteiger partial charge in [0.05, 0.1) is 18.5 Å². The predicted octanol–water partition coefficient (Wildman–Crippen LogP) is -0.0777. The van der Waals surface area contributed by atoms with Crippen LogP contribution in [0.15, 0.2) is 12.5 Å². The lowest BCUT2D eigenvalue weighted by Crippen LogP contribution is -2.30. The maximum absolute atomic E-state index is 9.35. The van der Waals surface area contributed by atoms with E-state index in [4.69, 9.17) is 16.9 Å². The molecule has 0 bridgehead atoms. The lowest BCUT2D eigenvalue weighted by molar-refractivity contribution is -0.0373. The average Bonchev–Trinajstić information content (AvgIpc) is 3.03. The highest BCUT2D eigenvalue weighted by molar-refractivity contribution is 5.58. The molecule has 1 aliphatic heterocycles. The molecule has 19 heavy (non-hydrogen) atoms. The second-order valence-electron chi connectivity index (χ2n) is 4.51. The van der Waals surface area contributed by atoms with Crippen molar-refractivity contribution in [2.45, 2.75) is 24.5 Å². The number of anilines is 1. The van der Waals surface area contributed by atoms with Gasteiger partial charge in [0.15, 0.2) is 17.1 Å². The summed E-state index contributed by atoms with van der Waals surface area (Å²) in [6.45, 7) is -0.201. The molecule has 0 spiro atoms. The first-order valence-electron chi connectivity index (χ1n) is 5.90. The lowest BCUT2D eigenvalue weighted by atomic mass is 10.0. The van der Waals surface area contributed by atoms with Gasteiger partial charge in [-0.25, -0.2) is 14.5 Å². The van der Waals surface area contributed by atoms with Gasteiger partial charge in [-0.15, -0.1) is 6.42 Å². The van der Waals surface area contributed by atoms with Crippen molar-refractivity contribution in [3.63, 3.8) is 0 Å². The minimum Gasteiger partial charge on any atom is -0.392 e. The number of ether oxygens (including phenoxy) is 1. The minimum atomic E-state index is -0.909. The fraction of sp³-hybridized carbons (Fsp3) is 0.417. The second kappa shape index (κ2) is 4.19. The van der Waals surface area contributed by atoms with Crippen LogP contribution in [-0.4, -0.2) is 36.9 Å². The molecule has 2 aromatic rings. The quantitative estimate of drug-likeness (QED) is 0.732. The summed E-state index contributed by atoms with van der Waals surface area (Å²) in [5.41, 5.74) is 6.07. The summed E-state index contributed by atoms with van der Waals surface area (Å²) in [7, 11) is 0. The smallest absolute Gasteiger partial charge is 0.196 e. The number of nitrogens with zero attached hydrogens (tertiary/aromatic N) is 4. The predicted molar refractivity (Wildman–Crippen MR) is 66.9 cm³/mol. The first-order valence-corrected chi connectivity index (χ1v) is 5.90. The number of hydrogen-bond acceptors (Lipinski definition) is 6. The fourth-order valence-electron chi connectivity index (χ4n) is 2.30. The normalized spacial score (nSPS) is 26.6. The topological polar surface area (TPSA) is 98.6 Å². The molecule has 0 amide bonds. The Hall–Kier alpha value is -2.17. The van der Waals surface area contributed by atoms with Crippen LogP contribution in [0, 0.1) is 12.3 Å². The molecule has 7 heteroatoms. The van der Waals surface area contributed by atoms with E-state index in [1.165, 1.54) is 6.33 Å². The van der Waals surface area contributed by atoms with Crippen LogP contribution in [0.1, 0.15) is 24.6 Å². The van der Waals surface area contributed by atoms with Crippen molar-refractivity contribution in [2.75, 3.05) is 12.3 Å². The number of rotatable bonds is 2. The van der Waals surface area contributed by atoms with E-state index >= 15 is 0 Å². The summed E-state index contributed by atoms with van der Waals surface area (Å²) in [6.07, 6.45) is 9.48. The maximum Gasteiger partial charge on any atom is 0.196 e. The van der Waals surface area contributed by atoms with Crippen molar-refractivity contribution in [1.82, 2.24) is 19.6 Å². The van der Waals surface area contributed by atoms with Crippen LogP contribution in [0.3, 0.4) is 0 Å². The van der Waals surface area contributed by atoms with Crippen LogP contribution in [0.4, 0.5) is 5.82 Å². The van der Waals surface area contributed by atoms with E-state index in [9.17, 15) is 5.11 Å². The Labute approximate surface area is 109 Å². The Morgan fingerprint density at radius 2 is 2.47 bits per heavy atom. The molecule has 7 nitrogen and oxygen atoms in total. The molecule has 3 N–H and O–H groups in total. The minimum absolute atomic E-state index is 0.201. The summed E-state index contributed by atoms with van der Waals surface area (Å²) in [5.74, 6) is 2.83. The Balaban J connectivity index is 1.99. The van der Waals surface area contributed by atoms with E-state index in [1.807, 2.05) is 0 Å². The van der Waals surface area contributed by atoms with Gasteiger partial charge in [0.25, 0.3) is 0 Å². The Bertz CT molecular complexity index is 662. The van der Waals surface area contributed by atoms with Gasteiger partial charge in [-0.05, 0) is 12.8 Å². The highest BCUT2D eigenvalue weighted by Crippen LogP contribution is 2.39. The number of nitrogen functional groups attached to an aromatic ring is 1. The molecule has 0 radical (unpaired) electrons. The first kappa shape index (κ1) is 11.9. The van der Waals surface area contributed by atoms with Crippen LogP contribution in [0.5, 0.6) is 0 Å². The zero-order valence-corrected chi connectivity index (χ0v) is 10.2. The van der Waals surface area contributed by atoms with Crippen molar-refractivity contribution < 1.29 is 9.84 Å². The van der Waals surface area contributed by atoms with Crippen LogP contribution in [0.2, 0.25) is 0 Å². The largest absolute Gasteiger partial charge is 0.392 e. The summed E-state index contributed by atoms with van der Waals surface area (Å²) in [5, 5.41) is 13.5. The molecule has 0 aromatic carbocycles. The zero-order chi connectivity index (χ0) is 13.5. The average molecular weight is 259 g/mol. The van der Waals surface area contributed by atoms with E-state index in [0.29, 0.717) is 24.3 Å². The highest BCUT2D eigenvalue weighted by Gasteiger charge is 2.40. The number of imidazole rings is 1. The number of hydrogen-bond donors (Lipinski definition) is 2.